The molecule has 1 fully saturated rings. The van der Waals surface area contributed by atoms with Crippen LogP contribution in [-0.2, 0) is 5.54 Å². The summed E-state index contributed by atoms with van der Waals surface area (Å²) in [6, 6.07) is 0. The summed E-state index contributed by atoms with van der Waals surface area (Å²) in [6.07, 6.45) is -1.62. The van der Waals surface area contributed by atoms with Crippen molar-refractivity contribution in [1.82, 2.24) is 9.55 Å². The Balaban J connectivity index is 2.36. The molecule has 7 heteroatoms. The Morgan fingerprint density at radius 2 is 1.89 bits per heavy atom. The zero-order chi connectivity index (χ0) is 14.5. The summed E-state index contributed by atoms with van der Waals surface area (Å²) in [5, 5.41) is 2.28. The molecule has 1 aliphatic carbocycles. The Bertz CT molecular complexity index is 538. The van der Waals surface area contributed by atoms with E-state index in [2.05, 4.69) is 10.3 Å². The van der Waals surface area contributed by atoms with E-state index in [0.29, 0.717) is 0 Å². The molecule has 19 heavy (non-hydrogen) atoms. The topological polar surface area (TPSA) is 46.9 Å². The van der Waals surface area contributed by atoms with Crippen LogP contribution in [0.25, 0.3) is 0 Å². The standard InChI is InChI=1S/C12H16F3N3O/c1-10(2,3)18-7-6-16-8(9(18)19)17-11(4-5-11)12(13,14)15/h6-7H,4-5H2,1-3H3,(H,16,17). The van der Waals surface area contributed by atoms with E-state index < -0.39 is 22.8 Å². The molecule has 106 valence electrons. The smallest absolute Gasteiger partial charge is 0.352 e. The van der Waals surface area contributed by atoms with Crippen LogP contribution in [-0.4, -0.2) is 21.3 Å². The molecule has 0 radical (unpaired) electrons. The lowest BCUT2D eigenvalue weighted by atomic mass is 10.1. The molecule has 1 heterocycles. The van der Waals surface area contributed by atoms with Crippen LogP contribution in [0.4, 0.5) is 19.0 Å². The molecule has 0 spiro atoms. The SMILES string of the molecule is CC(C)(C)n1ccnc(NC2(C(F)(F)F)CC2)c1=O. The normalized spacial score (nSPS) is 18.2. The van der Waals surface area contributed by atoms with Gasteiger partial charge in [0.25, 0.3) is 5.56 Å². The van der Waals surface area contributed by atoms with E-state index in [4.69, 9.17) is 0 Å². The summed E-state index contributed by atoms with van der Waals surface area (Å²) in [4.78, 5) is 15.9. The van der Waals surface area contributed by atoms with Gasteiger partial charge in [0.15, 0.2) is 5.82 Å². The molecule has 1 aromatic rings. The quantitative estimate of drug-likeness (QED) is 0.902. The van der Waals surface area contributed by atoms with E-state index in [0.717, 1.165) is 0 Å². The number of nitrogens with one attached hydrogen (secondary N) is 1. The van der Waals surface area contributed by atoms with Crippen LogP contribution in [0.2, 0.25) is 0 Å². The summed E-state index contributed by atoms with van der Waals surface area (Å²) < 4.78 is 39.9. The molecule has 0 amide bonds. The first kappa shape index (κ1) is 13.9. The van der Waals surface area contributed by atoms with Gasteiger partial charge in [-0.1, -0.05) is 0 Å². The predicted octanol–water partition coefficient (Wildman–Crippen LogP) is 2.51. The molecular formula is C12H16F3N3O. The number of hydrogen-bond acceptors (Lipinski definition) is 3. The summed E-state index contributed by atoms with van der Waals surface area (Å²) in [5.74, 6) is -0.243. The minimum absolute atomic E-state index is 0.0258. The molecule has 0 aliphatic heterocycles. The van der Waals surface area contributed by atoms with E-state index in [9.17, 15) is 18.0 Å². The van der Waals surface area contributed by atoms with E-state index in [-0.39, 0.29) is 18.7 Å². The lowest BCUT2D eigenvalue weighted by Crippen LogP contribution is -2.42. The van der Waals surface area contributed by atoms with Crippen LogP contribution in [0.3, 0.4) is 0 Å². The van der Waals surface area contributed by atoms with Crippen molar-refractivity contribution in [3.63, 3.8) is 0 Å². The minimum atomic E-state index is -4.37. The molecule has 0 atom stereocenters. The van der Waals surface area contributed by atoms with Gasteiger partial charge >= 0.3 is 6.18 Å². The average Bonchev–Trinajstić information content (AvgIpc) is 2.99. The van der Waals surface area contributed by atoms with Crippen molar-refractivity contribution >= 4 is 5.82 Å². The van der Waals surface area contributed by atoms with E-state index >= 15 is 0 Å². The maximum Gasteiger partial charge on any atom is 0.411 e. The number of rotatable bonds is 2. The molecular weight excluding hydrogens is 259 g/mol. The Morgan fingerprint density at radius 3 is 2.32 bits per heavy atom. The van der Waals surface area contributed by atoms with Gasteiger partial charge < -0.3 is 9.88 Å². The highest BCUT2D eigenvalue weighted by atomic mass is 19.4. The van der Waals surface area contributed by atoms with Gasteiger partial charge in [0, 0.05) is 17.9 Å². The van der Waals surface area contributed by atoms with Crippen LogP contribution in [0, 0.1) is 0 Å². The lowest BCUT2D eigenvalue weighted by molar-refractivity contribution is -0.151. The zero-order valence-corrected chi connectivity index (χ0v) is 11.0. The Labute approximate surface area is 108 Å². The van der Waals surface area contributed by atoms with Crippen molar-refractivity contribution in [1.29, 1.82) is 0 Å². The third kappa shape index (κ3) is 2.46. The fraction of sp³-hybridized carbons (Fsp3) is 0.667. The molecule has 1 aromatic heterocycles. The van der Waals surface area contributed by atoms with Gasteiger partial charge in [0.05, 0.1) is 0 Å². The number of aromatic nitrogens is 2. The maximum absolute atomic E-state index is 12.8. The second kappa shape index (κ2) is 3.98. The number of nitrogens with zero attached hydrogens (tertiary/aromatic N) is 2. The fourth-order valence-electron chi connectivity index (χ4n) is 1.86. The first-order chi connectivity index (χ1) is 8.57. The van der Waals surface area contributed by atoms with E-state index in [1.165, 1.54) is 17.0 Å². The van der Waals surface area contributed by atoms with E-state index in [1.807, 2.05) is 0 Å². The first-order valence-corrected chi connectivity index (χ1v) is 6.00. The largest absolute Gasteiger partial charge is 0.411 e. The molecule has 0 aromatic carbocycles. The minimum Gasteiger partial charge on any atom is -0.352 e. The Kier molecular flexibility index (Phi) is 2.91. The zero-order valence-electron chi connectivity index (χ0n) is 11.0. The van der Waals surface area contributed by atoms with Crippen LogP contribution < -0.4 is 10.9 Å². The van der Waals surface area contributed by atoms with Crippen molar-refractivity contribution < 1.29 is 13.2 Å². The number of alkyl halides is 3. The van der Waals surface area contributed by atoms with Crippen LogP contribution >= 0.6 is 0 Å². The molecule has 0 saturated heterocycles. The number of anilines is 1. The molecule has 0 unspecified atom stereocenters. The molecule has 0 bridgehead atoms. The summed E-state index contributed by atoms with van der Waals surface area (Å²) >= 11 is 0. The second-order valence-electron chi connectivity index (χ2n) is 5.83. The van der Waals surface area contributed by atoms with Crippen molar-refractivity contribution in [3.05, 3.63) is 22.7 Å². The molecule has 1 N–H and O–H groups in total. The average molecular weight is 275 g/mol. The van der Waals surface area contributed by atoms with Gasteiger partial charge in [-0.3, -0.25) is 4.79 Å². The molecule has 2 rings (SSSR count). The highest BCUT2D eigenvalue weighted by Crippen LogP contribution is 2.50. The van der Waals surface area contributed by atoms with Crippen molar-refractivity contribution in [2.75, 3.05) is 5.32 Å². The highest BCUT2D eigenvalue weighted by molar-refractivity contribution is 5.40. The van der Waals surface area contributed by atoms with Gasteiger partial charge in [-0.05, 0) is 33.6 Å². The Hall–Kier alpha value is -1.53. The maximum atomic E-state index is 12.8. The highest BCUT2D eigenvalue weighted by Gasteiger charge is 2.64. The molecule has 1 aliphatic rings. The summed E-state index contributed by atoms with van der Waals surface area (Å²) in [6.45, 7) is 5.40. The monoisotopic (exact) mass is 275 g/mol. The number of halogens is 3. The lowest BCUT2D eigenvalue weighted by Gasteiger charge is -2.25. The second-order valence-corrected chi connectivity index (χ2v) is 5.83. The van der Waals surface area contributed by atoms with Crippen LogP contribution in [0.5, 0.6) is 0 Å². The first-order valence-electron chi connectivity index (χ1n) is 6.00. The fourth-order valence-corrected chi connectivity index (χ4v) is 1.86. The summed E-state index contributed by atoms with van der Waals surface area (Å²) in [5.41, 5.74) is -3.02. The van der Waals surface area contributed by atoms with E-state index in [1.54, 1.807) is 20.8 Å². The van der Waals surface area contributed by atoms with Crippen molar-refractivity contribution in [3.8, 4) is 0 Å². The third-order valence-electron chi connectivity index (χ3n) is 3.21. The van der Waals surface area contributed by atoms with Crippen molar-refractivity contribution in [2.24, 2.45) is 0 Å². The predicted molar refractivity (Wildman–Crippen MR) is 65.1 cm³/mol. The summed E-state index contributed by atoms with van der Waals surface area (Å²) in [7, 11) is 0. The van der Waals surface area contributed by atoms with Gasteiger partial charge in [0.2, 0.25) is 0 Å². The third-order valence-corrected chi connectivity index (χ3v) is 3.21. The van der Waals surface area contributed by atoms with Gasteiger partial charge in [-0.15, -0.1) is 0 Å². The molecule has 4 nitrogen and oxygen atoms in total. The van der Waals surface area contributed by atoms with Crippen LogP contribution in [0.15, 0.2) is 17.2 Å². The van der Waals surface area contributed by atoms with Gasteiger partial charge in [-0.25, -0.2) is 4.98 Å². The number of hydrogen-bond donors (Lipinski definition) is 1. The Morgan fingerprint density at radius 1 is 1.32 bits per heavy atom. The van der Waals surface area contributed by atoms with Crippen LogP contribution in [0.1, 0.15) is 33.6 Å². The molecule has 1 saturated carbocycles. The van der Waals surface area contributed by atoms with Gasteiger partial charge in [-0.2, -0.15) is 13.2 Å². The van der Waals surface area contributed by atoms with Crippen molar-refractivity contribution in [2.45, 2.75) is 50.9 Å². The van der Waals surface area contributed by atoms with Gasteiger partial charge in [0.1, 0.15) is 5.54 Å².